The molecular formula is C27H32N2O. The average Bonchev–Trinajstić information content (AvgIpc) is 3.22. The predicted octanol–water partition coefficient (Wildman–Crippen LogP) is 5.53. The van der Waals surface area contributed by atoms with E-state index in [0.717, 1.165) is 32.5 Å². The molecule has 156 valence electrons. The van der Waals surface area contributed by atoms with E-state index in [1.807, 2.05) is 4.90 Å². The van der Waals surface area contributed by atoms with Crippen molar-refractivity contribution in [1.29, 1.82) is 0 Å². The Hall–Kier alpha value is -2.65. The standard InChI is InChI=1S/C27H32N2O/c1-3-28-27(25-15-9-13-21-12-7-8-14-24(21)25)17-16-23-18-29(20(2)30)19-26(23)22-10-5-4-6-11-22/h4-15,23,26-28H,3,16-19H2,1-2H3/t23-,26-,27-/m1/s1. The number of fused-ring (bicyclic) bond motifs is 1. The number of amides is 1. The molecule has 1 aliphatic rings. The van der Waals surface area contributed by atoms with Gasteiger partial charge in [-0.05, 0) is 47.2 Å². The molecule has 0 bridgehead atoms. The summed E-state index contributed by atoms with van der Waals surface area (Å²) in [6.45, 7) is 6.52. The molecule has 0 unspecified atom stereocenters. The maximum Gasteiger partial charge on any atom is 0.219 e. The molecule has 3 nitrogen and oxygen atoms in total. The summed E-state index contributed by atoms with van der Waals surface area (Å²) in [7, 11) is 0. The molecule has 1 saturated heterocycles. The number of hydrogen-bond donors (Lipinski definition) is 1. The van der Waals surface area contributed by atoms with E-state index in [0.29, 0.717) is 17.9 Å². The highest BCUT2D eigenvalue weighted by Gasteiger charge is 2.35. The van der Waals surface area contributed by atoms with Crippen LogP contribution in [0.2, 0.25) is 0 Å². The van der Waals surface area contributed by atoms with Crippen molar-refractivity contribution in [2.45, 2.75) is 38.6 Å². The highest BCUT2D eigenvalue weighted by Crippen LogP contribution is 2.37. The van der Waals surface area contributed by atoms with Gasteiger partial charge in [-0.25, -0.2) is 0 Å². The lowest BCUT2D eigenvalue weighted by Crippen LogP contribution is -2.26. The largest absolute Gasteiger partial charge is 0.342 e. The lowest BCUT2D eigenvalue weighted by atomic mass is 9.84. The zero-order chi connectivity index (χ0) is 20.9. The minimum Gasteiger partial charge on any atom is -0.342 e. The van der Waals surface area contributed by atoms with Gasteiger partial charge in [0.25, 0.3) is 0 Å². The number of carbonyl (C=O) groups is 1. The summed E-state index contributed by atoms with van der Waals surface area (Å²) >= 11 is 0. The molecule has 3 atom stereocenters. The van der Waals surface area contributed by atoms with E-state index in [-0.39, 0.29) is 5.91 Å². The van der Waals surface area contributed by atoms with E-state index in [4.69, 9.17) is 0 Å². The summed E-state index contributed by atoms with van der Waals surface area (Å²) < 4.78 is 0. The van der Waals surface area contributed by atoms with E-state index in [2.05, 4.69) is 85.0 Å². The molecule has 1 fully saturated rings. The van der Waals surface area contributed by atoms with Crippen molar-refractivity contribution in [3.05, 3.63) is 83.9 Å². The third-order valence-electron chi connectivity index (χ3n) is 6.59. The Morgan fingerprint density at radius 2 is 1.73 bits per heavy atom. The SMILES string of the molecule is CCN[C@H](CC[C@@H]1CN(C(C)=O)C[C@@H]1c1ccccc1)c1cccc2ccccc12. The molecule has 0 aliphatic carbocycles. The first kappa shape index (κ1) is 20.6. The Bertz CT molecular complexity index is 979. The van der Waals surface area contributed by atoms with Crippen molar-refractivity contribution in [1.82, 2.24) is 10.2 Å². The van der Waals surface area contributed by atoms with Crippen molar-refractivity contribution in [3.63, 3.8) is 0 Å². The van der Waals surface area contributed by atoms with Crippen LogP contribution in [0.5, 0.6) is 0 Å². The molecule has 4 rings (SSSR count). The Morgan fingerprint density at radius 3 is 2.50 bits per heavy atom. The molecule has 3 heteroatoms. The Morgan fingerprint density at radius 1 is 1.00 bits per heavy atom. The van der Waals surface area contributed by atoms with Crippen molar-refractivity contribution >= 4 is 16.7 Å². The van der Waals surface area contributed by atoms with Gasteiger partial charge in [-0.15, -0.1) is 0 Å². The van der Waals surface area contributed by atoms with Crippen molar-refractivity contribution in [2.75, 3.05) is 19.6 Å². The smallest absolute Gasteiger partial charge is 0.219 e. The molecular weight excluding hydrogens is 368 g/mol. The van der Waals surface area contributed by atoms with Gasteiger partial charge >= 0.3 is 0 Å². The van der Waals surface area contributed by atoms with Crippen LogP contribution in [0.25, 0.3) is 10.8 Å². The van der Waals surface area contributed by atoms with Crippen LogP contribution in [0.1, 0.15) is 49.8 Å². The minimum atomic E-state index is 0.190. The normalized spacial score (nSPS) is 19.9. The first-order valence-electron chi connectivity index (χ1n) is 11.2. The first-order valence-corrected chi connectivity index (χ1v) is 11.2. The fourth-order valence-electron chi connectivity index (χ4n) is 5.05. The van der Waals surface area contributed by atoms with Crippen LogP contribution < -0.4 is 5.32 Å². The van der Waals surface area contributed by atoms with Crippen LogP contribution in [0.15, 0.2) is 72.8 Å². The molecule has 1 aliphatic heterocycles. The van der Waals surface area contributed by atoms with Crippen molar-refractivity contribution in [2.24, 2.45) is 5.92 Å². The van der Waals surface area contributed by atoms with Crippen LogP contribution in [0.3, 0.4) is 0 Å². The maximum atomic E-state index is 12.1. The quantitative estimate of drug-likeness (QED) is 0.565. The number of carbonyl (C=O) groups excluding carboxylic acids is 1. The molecule has 1 heterocycles. The summed E-state index contributed by atoms with van der Waals surface area (Å²) in [6, 6.07) is 26.3. The Kier molecular flexibility index (Phi) is 6.49. The Labute approximate surface area is 180 Å². The topological polar surface area (TPSA) is 32.3 Å². The van der Waals surface area contributed by atoms with E-state index in [1.54, 1.807) is 6.92 Å². The van der Waals surface area contributed by atoms with Gasteiger partial charge in [0.2, 0.25) is 5.91 Å². The van der Waals surface area contributed by atoms with E-state index >= 15 is 0 Å². The van der Waals surface area contributed by atoms with Crippen LogP contribution in [0.4, 0.5) is 0 Å². The molecule has 0 spiro atoms. The van der Waals surface area contributed by atoms with Gasteiger partial charge in [-0.3, -0.25) is 4.79 Å². The molecule has 3 aromatic carbocycles. The number of nitrogens with one attached hydrogen (secondary N) is 1. The van der Waals surface area contributed by atoms with Crippen molar-refractivity contribution < 1.29 is 4.79 Å². The summed E-state index contributed by atoms with van der Waals surface area (Å²) in [5.74, 6) is 1.10. The second-order valence-electron chi connectivity index (χ2n) is 8.46. The molecule has 0 aromatic heterocycles. The highest BCUT2D eigenvalue weighted by molar-refractivity contribution is 5.86. The van der Waals surface area contributed by atoms with Crippen LogP contribution in [-0.4, -0.2) is 30.4 Å². The second kappa shape index (κ2) is 9.44. The number of likely N-dealkylation sites (tertiary alicyclic amines) is 1. The molecule has 0 radical (unpaired) electrons. The molecule has 1 amide bonds. The average molecular weight is 401 g/mol. The number of rotatable bonds is 7. The van der Waals surface area contributed by atoms with Crippen LogP contribution in [-0.2, 0) is 4.79 Å². The van der Waals surface area contributed by atoms with Gasteiger partial charge < -0.3 is 10.2 Å². The summed E-state index contributed by atoms with van der Waals surface area (Å²) in [5.41, 5.74) is 2.74. The molecule has 1 N–H and O–H groups in total. The monoisotopic (exact) mass is 400 g/mol. The highest BCUT2D eigenvalue weighted by atomic mass is 16.2. The van der Waals surface area contributed by atoms with E-state index in [9.17, 15) is 4.79 Å². The first-order chi connectivity index (χ1) is 14.7. The summed E-state index contributed by atoms with van der Waals surface area (Å²) in [6.07, 6.45) is 2.17. The number of hydrogen-bond acceptors (Lipinski definition) is 2. The van der Waals surface area contributed by atoms with Gasteiger partial charge in [0, 0.05) is 32.0 Å². The van der Waals surface area contributed by atoms with Gasteiger partial charge in [0.1, 0.15) is 0 Å². The van der Waals surface area contributed by atoms with Crippen molar-refractivity contribution in [3.8, 4) is 0 Å². The molecule has 30 heavy (non-hydrogen) atoms. The third kappa shape index (κ3) is 4.41. The molecule has 0 saturated carbocycles. The van der Waals surface area contributed by atoms with Gasteiger partial charge in [-0.1, -0.05) is 79.7 Å². The summed E-state index contributed by atoms with van der Waals surface area (Å²) in [5, 5.41) is 6.35. The summed E-state index contributed by atoms with van der Waals surface area (Å²) in [4.78, 5) is 14.1. The van der Waals surface area contributed by atoms with Crippen LogP contribution >= 0.6 is 0 Å². The van der Waals surface area contributed by atoms with Gasteiger partial charge in [-0.2, -0.15) is 0 Å². The minimum absolute atomic E-state index is 0.190. The van der Waals surface area contributed by atoms with E-state index in [1.165, 1.54) is 21.9 Å². The zero-order valence-electron chi connectivity index (χ0n) is 18.1. The fraction of sp³-hybridized carbons (Fsp3) is 0.370. The second-order valence-corrected chi connectivity index (χ2v) is 8.46. The van der Waals surface area contributed by atoms with Crippen LogP contribution in [0, 0.1) is 5.92 Å². The maximum absolute atomic E-state index is 12.1. The fourth-order valence-corrected chi connectivity index (χ4v) is 5.05. The third-order valence-corrected chi connectivity index (χ3v) is 6.59. The lowest BCUT2D eigenvalue weighted by molar-refractivity contribution is -0.127. The molecule has 3 aromatic rings. The Balaban J connectivity index is 1.56. The van der Waals surface area contributed by atoms with E-state index < -0.39 is 0 Å². The number of benzene rings is 3. The zero-order valence-corrected chi connectivity index (χ0v) is 18.1. The van der Waals surface area contributed by atoms with Gasteiger partial charge in [0.05, 0.1) is 0 Å². The lowest BCUT2D eigenvalue weighted by Gasteiger charge is -2.24. The van der Waals surface area contributed by atoms with Gasteiger partial charge in [0.15, 0.2) is 0 Å². The predicted molar refractivity (Wildman–Crippen MR) is 125 cm³/mol. The number of nitrogens with zero attached hydrogens (tertiary/aromatic N) is 1.